The molecule has 1 aromatic heterocycles. The quantitative estimate of drug-likeness (QED) is 0.733. The van der Waals surface area contributed by atoms with Gasteiger partial charge < -0.3 is 0 Å². The van der Waals surface area contributed by atoms with Gasteiger partial charge in [-0.1, -0.05) is 0 Å². The van der Waals surface area contributed by atoms with Crippen LogP contribution in [0.1, 0.15) is 25.0 Å². The average Bonchev–Trinajstić information content (AvgIpc) is 2.67. The van der Waals surface area contributed by atoms with Crippen molar-refractivity contribution in [3.63, 3.8) is 0 Å². The van der Waals surface area contributed by atoms with E-state index in [0.29, 0.717) is 14.5 Å². The van der Waals surface area contributed by atoms with Crippen LogP contribution >= 0.6 is 0 Å². The molecule has 1 fully saturated rings. The van der Waals surface area contributed by atoms with Gasteiger partial charge in [0.25, 0.3) is 0 Å². The van der Waals surface area contributed by atoms with Crippen molar-refractivity contribution in [2.75, 3.05) is 18.0 Å². The molecule has 1 aliphatic heterocycles. The molecule has 0 bridgehead atoms. The molecule has 1 aromatic rings. The normalized spacial score (nSPS) is 17.4. The molecule has 1 saturated heterocycles. The zero-order chi connectivity index (χ0) is 9.10. The fraction of sp³-hybridized carbons (Fsp3) is 0.500. The van der Waals surface area contributed by atoms with E-state index in [1.807, 2.05) is 6.08 Å². The van der Waals surface area contributed by atoms with Crippen molar-refractivity contribution in [2.24, 2.45) is 0 Å². The Kier molecular flexibility index (Phi) is 2.87. The van der Waals surface area contributed by atoms with E-state index in [4.69, 9.17) is 0 Å². The van der Waals surface area contributed by atoms with Crippen molar-refractivity contribution in [3.05, 3.63) is 17.2 Å². The van der Waals surface area contributed by atoms with Crippen LogP contribution < -0.4 is 4.90 Å². The first kappa shape index (κ1) is 9.04. The van der Waals surface area contributed by atoms with Crippen molar-refractivity contribution in [1.82, 2.24) is 4.98 Å². The van der Waals surface area contributed by atoms with Crippen molar-refractivity contribution < 1.29 is 0 Å². The monoisotopic (exact) mass is 242 g/mol. The molecule has 2 rings (SSSR count). The van der Waals surface area contributed by atoms with Crippen molar-refractivity contribution in [2.45, 2.75) is 19.3 Å². The number of aromatic nitrogens is 1. The summed E-state index contributed by atoms with van der Waals surface area (Å²) in [6.07, 6.45) is 5.90. The first-order valence-electron chi connectivity index (χ1n) is 4.73. The number of rotatable bonds is 2. The Hall–Kier alpha value is -0.531. The number of anilines is 1. The Morgan fingerprint density at radius 2 is 2.15 bits per heavy atom. The van der Waals surface area contributed by atoms with Gasteiger partial charge in [0.15, 0.2) is 0 Å². The predicted octanol–water partition coefficient (Wildman–Crippen LogP) is 1.77. The Bertz CT molecular complexity index is 287. The topological polar surface area (TPSA) is 16.1 Å². The van der Waals surface area contributed by atoms with Gasteiger partial charge in [-0.15, -0.1) is 0 Å². The fourth-order valence-electron chi connectivity index (χ4n) is 1.60. The third-order valence-corrected chi connectivity index (χ3v) is 4.28. The summed E-state index contributed by atoms with van der Waals surface area (Å²) in [4.78, 5) is 9.20. The summed E-state index contributed by atoms with van der Waals surface area (Å²) < 4.78 is 1.31. The summed E-state index contributed by atoms with van der Waals surface area (Å²) in [7, 11) is 0. The van der Waals surface area contributed by atoms with E-state index in [-0.39, 0.29) is 0 Å². The van der Waals surface area contributed by atoms with Gasteiger partial charge in [-0.05, 0) is 0 Å². The molecule has 3 heteroatoms. The minimum atomic E-state index is 0.459. The van der Waals surface area contributed by atoms with Gasteiger partial charge in [-0.3, -0.25) is 0 Å². The van der Waals surface area contributed by atoms with Crippen LogP contribution in [0.25, 0.3) is 6.08 Å². The summed E-state index contributed by atoms with van der Waals surface area (Å²) in [5, 5.41) is 0. The van der Waals surface area contributed by atoms with E-state index < -0.39 is 0 Å². The van der Waals surface area contributed by atoms with Crippen LogP contribution in [0.2, 0.25) is 0 Å². The van der Waals surface area contributed by atoms with E-state index >= 15 is 0 Å². The van der Waals surface area contributed by atoms with Crippen LogP contribution in [0.3, 0.4) is 0 Å². The maximum absolute atomic E-state index is 4.54. The third kappa shape index (κ3) is 2.04. The summed E-state index contributed by atoms with van der Waals surface area (Å²) in [5.74, 6) is 0. The van der Waals surface area contributed by atoms with Crippen LogP contribution in [0.15, 0.2) is 11.5 Å². The molecule has 0 aromatic carbocycles. The molecule has 0 atom stereocenters. The predicted molar refractivity (Wildman–Crippen MR) is 57.3 cm³/mol. The average molecular weight is 241 g/mol. The van der Waals surface area contributed by atoms with Crippen molar-refractivity contribution in [1.29, 1.82) is 0 Å². The van der Waals surface area contributed by atoms with E-state index in [2.05, 4.69) is 21.4 Å². The molecule has 2 nitrogen and oxygen atoms in total. The molecule has 0 spiro atoms. The van der Waals surface area contributed by atoms with Gasteiger partial charge in [0.1, 0.15) is 0 Å². The number of nitrogens with zero attached hydrogens (tertiary/aromatic N) is 2. The van der Waals surface area contributed by atoms with E-state index in [1.54, 1.807) is 0 Å². The van der Waals surface area contributed by atoms with Crippen LogP contribution in [0.5, 0.6) is 0 Å². The second kappa shape index (κ2) is 4.12. The van der Waals surface area contributed by atoms with Crippen LogP contribution in [-0.4, -0.2) is 32.6 Å². The van der Waals surface area contributed by atoms with Gasteiger partial charge in [0, 0.05) is 0 Å². The second-order valence-corrected chi connectivity index (χ2v) is 5.06. The number of piperidine rings is 1. The molecule has 0 radical (unpaired) electrons. The molecule has 0 unspecified atom stereocenters. The fourth-order valence-corrected chi connectivity index (χ4v) is 3.41. The van der Waals surface area contributed by atoms with E-state index in [0.717, 1.165) is 5.69 Å². The maximum atomic E-state index is 4.54. The standard InChI is InChI=1S/C10H14N2Se/c1-2-9-8-13-10(11-9)12-6-4-3-5-7-12/h2,8H,1,3-7H2. The number of hydrogen-bond acceptors (Lipinski definition) is 2. The van der Waals surface area contributed by atoms with Crippen LogP contribution in [0.4, 0.5) is 4.69 Å². The van der Waals surface area contributed by atoms with Gasteiger partial charge >= 0.3 is 84.7 Å². The summed E-state index contributed by atoms with van der Waals surface area (Å²) in [6, 6.07) is 0. The van der Waals surface area contributed by atoms with Gasteiger partial charge in [0.2, 0.25) is 0 Å². The molecule has 2 heterocycles. The zero-order valence-electron chi connectivity index (χ0n) is 7.70. The van der Waals surface area contributed by atoms with Crippen LogP contribution in [0, 0.1) is 0 Å². The first-order valence-corrected chi connectivity index (χ1v) is 6.57. The first-order chi connectivity index (χ1) is 6.40. The Morgan fingerprint density at radius 3 is 2.77 bits per heavy atom. The van der Waals surface area contributed by atoms with Gasteiger partial charge in [-0.2, -0.15) is 0 Å². The molecule has 13 heavy (non-hydrogen) atoms. The van der Waals surface area contributed by atoms with Crippen molar-refractivity contribution >= 4 is 25.3 Å². The van der Waals surface area contributed by atoms with Gasteiger partial charge in [-0.25, -0.2) is 0 Å². The Balaban J connectivity index is 2.09. The minimum absolute atomic E-state index is 0.459. The summed E-state index contributed by atoms with van der Waals surface area (Å²) >= 11 is 0.459. The Labute approximate surface area is 85.0 Å². The molecular formula is C10H14N2Se. The molecule has 0 saturated carbocycles. The molecular weight excluding hydrogens is 227 g/mol. The van der Waals surface area contributed by atoms with E-state index in [9.17, 15) is 0 Å². The van der Waals surface area contributed by atoms with Gasteiger partial charge in [0.05, 0.1) is 0 Å². The van der Waals surface area contributed by atoms with Crippen LogP contribution in [-0.2, 0) is 0 Å². The molecule has 0 amide bonds. The summed E-state index contributed by atoms with van der Waals surface area (Å²) in [5.41, 5.74) is 1.07. The molecule has 1 aliphatic rings. The van der Waals surface area contributed by atoms with Crippen molar-refractivity contribution in [3.8, 4) is 0 Å². The molecule has 0 N–H and O–H groups in total. The second-order valence-electron chi connectivity index (χ2n) is 3.31. The number of hydrogen-bond donors (Lipinski definition) is 0. The summed E-state index contributed by atoms with van der Waals surface area (Å²) in [6.45, 7) is 6.15. The SMILES string of the molecule is C=Cc1c[se]c(N2CCCCC2)n1. The molecule has 70 valence electrons. The van der Waals surface area contributed by atoms with E-state index in [1.165, 1.54) is 37.0 Å². The zero-order valence-corrected chi connectivity index (χ0v) is 9.41. The third-order valence-electron chi connectivity index (χ3n) is 2.35. The Morgan fingerprint density at radius 1 is 1.38 bits per heavy atom. The molecule has 0 aliphatic carbocycles.